The molecule has 1 aromatic carbocycles. The standard InChI is InChI=1S/C14H19ClN2O2/c1-9(16)7-11-12(15)3-2-4-13(11)19-8-14(18)17-10-5-6-10/h2-4,9-10H,5-8,16H2,1H3,(H,17,18). The summed E-state index contributed by atoms with van der Waals surface area (Å²) in [5.41, 5.74) is 6.66. The lowest BCUT2D eigenvalue weighted by Crippen LogP contribution is -2.30. The molecule has 0 radical (unpaired) electrons. The second kappa shape index (κ2) is 6.26. The highest BCUT2D eigenvalue weighted by atomic mass is 35.5. The van der Waals surface area contributed by atoms with Gasteiger partial charge in [-0.1, -0.05) is 17.7 Å². The first-order chi connectivity index (χ1) is 9.06. The van der Waals surface area contributed by atoms with E-state index >= 15 is 0 Å². The number of nitrogens with one attached hydrogen (secondary N) is 1. The molecule has 1 aliphatic rings. The molecule has 2 rings (SSSR count). The van der Waals surface area contributed by atoms with E-state index in [1.165, 1.54) is 0 Å². The fourth-order valence-electron chi connectivity index (χ4n) is 1.83. The first kappa shape index (κ1) is 14.2. The van der Waals surface area contributed by atoms with E-state index in [1.54, 1.807) is 12.1 Å². The van der Waals surface area contributed by atoms with Gasteiger partial charge in [-0.05, 0) is 38.3 Å². The number of carbonyl (C=O) groups excluding carboxylic acids is 1. The Hall–Kier alpha value is -1.26. The van der Waals surface area contributed by atoms with Crippen molar-refractivity contribution in [1.82, 2.24) is 5.32 Å². The van der Waals surface area contributed by atoms with Crippen molar-refractivity contribution in [3.8, 4) is 5.75 Å². The molecule has 1 aliphatic carbocycles. The van der Waals surface area contributed by atoms with Crippen molar-refractivity contribution >= 4 is 17.5 Å². The molecule has 1 aromatic rings. The zero-order valence-electron chi connectivity index (χ0n) is 11.0. The van der Waals surface area contributed by atoms with Crippen molar-refractivity contribution in [2.24, 2.45) is 5.73 Å². The van der Waals surface area contributed by atoms with Crippen LogP contribution in [0.2, 0.25) is 5.02 Å². The van der Waals surface area contributed by atoms with Crippen molar-refractivity contribution in [2.75, 3.05) is 6.61 Å². The third kappa shape index (κ3) is 4.40. The molecule has 1 saturated carbocycles. The number of ether oxygens (including phenoxy) is 1. The molecule has 0 heterocycles. The van der Waals surface area contributed by atoms with E-state index in [2.05, 4.69) is 5.32 Å². The number of hydrogen-bond donors (Lipinski definition) is 2. The van der Waals surface area contributed by atoms with Gasteiger partial charge in [0.1, 0.15) is 5.75 Å². The minimum Gasteiger partial charge on any atom is -0.483 e. The van der Waals surface area contributed by atoms with Crippen LogP contribution in [0.3, 0.4) is 0 Å². The molecule has 19 heavy (non-hydrogen) atoms. The Balaban J connectivity index is 1.97. The Labute approximate surface area is 118 Å². The van der Waals surface area contributed by atoms with Crippen molar-refractivity contribution in [3.63, 3.8) is 0 Å². The Morgan fingerprint density at radius 2 is 2.32 bits per heavy atom. The Morgan fingerprint density at radius 1 is 1.58 bits per heavy atom. The number of benzene rings is 1. The second-order valence-corrected chi connectivity index (χ2v) is 5.44. The highest BCUT2D eigenvalue weighted by Gasteiger charge is 2.23. The molecule has 4 nitrogen and oxygen atoms in total. The zero-order valence-corrected chi connectivity index (χ0v) is 11.7. The van der Waals surface area contributed by atoms with E-state index in [9.17, 15) is 4.79 Å². The molecule has 1 unspecified atom stereocenters. The van der Waals surface area contributed by atoms with E-state index in [-0.39, 0.29) is 18.6 Å². The first-order valence-corrected chi connectivity index (χ1v) is 6.89. The van der Waals surface area contributed by atoms with E-state index < -0.39 is 0 Å². The summed E-state index contributed by atoms with van der Waals surface area (Å²) in [6.45, 7) is 1.93. The average Bonchev–Trinajstić information content (AvgIpc) is 3.13. The van der Waals surface area contributed by atoms with Crippen LogP contribution in [-0.2, 0) is 11.2 Å². The monoisotopic (exact) mass is 282 g/mol. The van der Waals surface area contributed by atoms with Gasteiger partial charge in [-0.15, -0.1) is 0 Å². The molecular weight excluding hydrogens is 264 g/mol. The van der Waals surface area contributed by atoms with E-state index in [4.69, 9.17) is 22.1 Å². The van der Waals surface area contributed by atoms with E-state index in [0.29, 0.717) is 23.2 Å². The average molecular weight is 283 g/mol. The lowest BCUT2D eigenvalue weighted by Gasteiger charge is -2.14. The van der Waals surface area contributed by atoms with E-state index in [1.807, 2.05) is 13.0 Å². The molecule has 0 aliphatic heterocycles. The van der Waals surface area contributed by atoms with Gasteiger partial charge in [-0.3, -0.25) is 4.79 Å². The Bertz CT molecular complexity index is 459. The lowest BCUT2D eigenvalue weighted by molar-refractivity contribution is -0.123. The summed E-state index contributed by atoms with van der Waals surface area (Å²) < 4.78 is 5.56. The largest absolute Gasteiger partial charge is 0.483 e. The quantitative estimate of drug-likeness (QED) is 0.837. The van der Waals surface area contributed by atoms with Crippen LogP contribution in [0.1, 0.15) is 25.3 Å². The van der Waals surface area contributed by atoms with Gasteiger partial charge in [-0.2, -0.15) is 0 Å². The minimum atomic E-state index is -0.0887. The van der Waals surface area contributed by atoms with Crippen LogP contribution in [0.5, 0.6) is 5.75 Å². The number of amides is 1. The fraction of sp³-hybridized carbons (Fsp3) is 0.500. The molecule has 3 N–H and O–H groups in total. The summed E-state index contributed by atoms with van der Waals surface area (Å²) >= 11 is 6.15. The summed E-state index contributed by atoms with van der Waals surface area (Å²) in [7, 11) is 0. The molecule has 0 aromatic heterocycles. The fourth-order valence-corrected chi connectivity index (χ4v) is 2.08. The van der Waals surface area contributed by atoms with Gasteiger partial charge >= 0.3 is 0 Å². The van der Waals surface area contributed by atoms with Gasteiger partial charge in [-0.25, -0.2) is 0 Å². The molecule has 1 fully saturated rings. The van der Waals surface area contributed by atoms with Gasteiger partial charge in [0.05, 0.1) is 0 Å². The summed E-state index contributed by atoms with van der Waals surface area (Å²) in [6.07, 6.45) is 2.76. The Morgan fingerprint density at radius 3 is 2.95 bits per heavy atom. The zero-order chi connectivity index (χ0) is 13.8. The van der Waals surface area contributed by atoms with Crippen molar-refractivity contribution in [2.45, 2.75) is 38.3 Å². The van der Waals surface area contributed by atoms with Gasteiger partial charge in [0.25, 0.3) is 5.91 Å². The summed E-state index contributed by atoms with van der Waals surface area (Å²) in [5, 5.41) is 3.50. The van der Waals surface area contributed by atoms with Crippen molar-refractivity contribution in [3.05, 3.63) is 28.8 Å². The van der Waals surface area contributed by atoms with Crippen LogP contribution in [0.25, 0.3) is 0 Å². The maximum Gasteiger partial charge on any atom is 0.258 e. The number of nitrogens with two attached hydrogens (primary N) is 1. The molecule has 0 bridgehead atoms. The third-order valence-corrected chi connectivity index (χ3v) is 3.26. The topological polar surface area (TPSA) is 64.3 Å². The number of carbonyl (C=O) groups is 1. The van der Waals surface area contributed by atoms with E-state index in [0.717, 1.165) is 18.4 Å². The smallest absolute Gasteiger partial charge is 0.258 e. The van der Waals surface area contributed by atoms with Crippen LogP contribution in [0.15, 0.2) is 18.2 Å². The molecule has 104 valence electrons. The van der Waals surface area contributed by atoms with Crippen LogP contribution in [0, 0.1) is 0 Å². The minimum absolute atomic E-state index is 0.0115. The van der Waals surface area contributed by atoms with Gasteiger partial charge in [0.15, 0.2) is 6.61 Å². The predicted molar refractivity (Wildman–Crippen MR) is 75.5 cm³/mol. The van der Waals surface area contributed by atoms with Crippen LogP contribution in [-0.4, -0.2) is 24.6 Å². The molecule has 1 amide bonds. The molecule has 0 saturated heterocycles. The highest BCUT2D eigenvalue weighted by molar-refractivity contribution is 6.31. The SMILES string of the molecule is CC(N)Cc1c(Cl)cccc1OCC(=O)NC1CC1. The first-order valence-electron chi connectivity index (χ1n) is 6.51. The maximum atomic E-state index is 11.6. The number of hydrogen-bond acceptors (Lipinski definition) is 3. The summed E-state index contributed by atoms with van der Waals surface area (Å²) in [5.74, 6) is 0.546. The van der Waals surface area contributed by atoms with Crippen molar-refractivity contribution < 1.29 is 9.53 Å². The van der Waals surface area contributed by atoms with Gasteiger partial charge in [0.2, 0.25) is 0 Å². The van der Waals surface area contributed by atoms with Crippen LogP contribution < -0.4 is 15.8 Å². The third-order valence-electron chi connectivity index (χ3n) is 2.90. The molecule has 0 spiro atoms. The number of rotatable bonds is 6. The Kier molecular flexibility index (Phi) is 4.66. The predicted octanol–water partition coefficient (Wildman–Crippen LogP) is 1.89. The second-order valence-electron chi connectivity index (χ2n) is 5.03. The normalized spacial score (nSPS) is 15.9. The number of halogens is 1. The van der Waals surface area contributed by atoms with Crippen LogP contribution in [0.4, 0.5) is 0 Å². The van der Waals surface area contributed by atoms with Crippen molar-refractivity contribution in [1.29, 1.82) is 0 Å². The lowest BCUT2D eigenvalue weighted by atomic mass is 10.1. The molecule has 5 heteroatoms. The van der Waals surface area contributed by atoms with Crippen LogP contribution >= 0.6 is 11.6 Å². The van der Waals surface area contributed by atoms with Gasteiger partial charge in [0, 0.05) is 22.7 Å². The highest BCUT2D eigenvalue weighted by Crippen LogP contribution is 2.27. The molecule has 1 atom stereocenters. The summed E-state index contributed by atoms with van der Waals surface area (Å²) in [6, 6.07) is 5.76. The summed E-state index contributed by atoms with van der Waals surface area (Å²) in [4.78, 5) is 11.6. The van der Waals surface area contributed by atoms with Gasteiger partial charge < -0.3 is 15.8 Å². The maximum absolute atomic E-state index is 11.6. The molecular formula is C14H19ClN2O2.